The molecule has 0 aliphatic heterocycles. The fraction of sp³-hybridized carbons (Fsp3) is 0.176. The van der Waals surface area contributed by atoms with E-state index in [4.69, 9.17) is 4.74 Å². The summed E-state index contributed by atoms with van der Waals surface area (Å²) in [5, 5.41) is 2.75. The number of anilines is 2. The van der Waals surface area contributed by atoms with Crippen molar-refractivity contribution in [3.63, 3.8) is 0 Å². The van der Waals surface area contributed by atoms with E-state index in [0.717, 1.165) is 14.6 Å². The number of nitrogens with one attached hydrogen (secondary N) is 1. The van der Waals surface area contributed by atoms with Crippen LogP contribution in [0.25, 0.3) is 0 Å². The van der Waals surface area contributed by atoms with Gasteiger partial charge >= 0.3 is 0 Å². The van der Waals surface area contributed by atoms with Crippen LogP contribution in [-0.4, -0.2) is 25.5 Å². The number of hydrogen-bond acceptors (Lipinski definition) is 3. The van der Waals surface area contributed by atoms with Crippen molar-refractivity contribution in [1.82, 2.24) is 0 Å². The molecule has 2 rings (SSSR count). The molecule has 0 aliphatic carbocycles. The highest BCUT2D eigenvalue weighted by Gasteiger charge is 2.08. The summed E-state index contributed by atoms with van der Waals surface area (Å²) in [6.45, 7) is 1.39. The minimum Gasteiger partial charge on any atom is -0.483 e. The monoisotopic (exact) mass is 454 g/mol. The van der Waals surface area contributed by atoms with Gasteiger partial charge in [0, 0.05) is 29.8 Å². The number of amides is 2. The zero-order valence-corrected chi connectivity index (χ0v) is 16.3. The number of nitrogens with zero attached hydrogens (tertiary/aromatic N) is 1. The minimum absolute atomic E-state index is 0.0553. The van der Waals surface area contributed by atoms with E-state index in [9.17, 15) is 9.59 Å². The molecule has 0 atom stereocenters. The van der Waals surface area contributed by atoms with Gasteiger partial charge in [0.05, 0.1) is 4.47 Å². The van der Waals surface area contributed by atoms with Crippen molar-refractivity contribution in [3.05, 3.63) is 51.4 Å². The second-order valence-electron chi connectivity index (χ2n) is 5.04. The van der Waals surface area contributed by atoms with Crippen LogP contribution in [0, 0.1) is 0 Å². The molecule has 0 spiro atoms. The number of halogens is 2. The van der Waals surface area contributed by atoms with Gasteiger partial charge in [-0.25, -0.2) is 0 Å². The summed E-state index contributed by atoms with van der Waals surface area (Å²) in [5.41, 5.74) is 1.40. The third-order valence-corrected chi connectivity index (χ3v) is 4.38. The van der Waals surface area contributed by atoms with Crippen molar-refractivity contribution in [2.24, 2.45) is 0 Å². The van der Waals surface area contributed by atoms with Gasteiger partial charge in [0.2, 0.25) is 5.91 Å². The lowest BCUT2D eigenvalue weighted by molar-refractivity contribution is -0.118. The quantitative estimate of drug-likeness (QED) is 0.734. The SMILES string of the molecule is CC(=O)N(C)c1ccc(NC(=O)COc2ccc(Br)cc2Br)cc1. The molecule has 1 N–H and O–H groups in total. The number of rotatable bonds is 5. The first-order chi connectivity index (χ1) is 11.4. The maximum absolute atomic E-state index is 12.0. The van der Waals surface area contributed by atoms with Crippen LogP contribution in [0.3, 0.4) is 0 Å². The molecule has 0 unspecified atom stereocenters. The molecule has 0 aliphatic rings. The van der Waals surface area contributed by atoms with Crippen molar-refractivity contribution in [1.29, 1.82) is 0 Å². The van der Waals surface area contributed by atoms with Gasteiger partial charge in [-0.05, 0) is 58.4 Å². The van der Waals surface area contributed by atoms with Gasteiger partial charge in [-0.2, -0.15) is 0 Å². The fourth-order valence-corrected chi connectivity index (χ4v) is 3.04. The highest BCUT2D eigenvalue weighted by Crippen LogP contribution is 2.28. The molecule has 2 aromatic carbocycles. The molecule has 0 saturated carbocycles. The van der Waals surface area contributed by atoms with Crippen molar-refractivity contribution in [3.8, 4) is 5.75 Å². The Kier molecular flexibility index (Phi) is 6.39. The summed E-state index contributed by atoms with van der Waals surface area (Å²) >= 11 is 6.73. The molecule has 5 nitrogen and oxygen atoms in total. The maximum Gasteiger partial charge on any atom is 0.262 e. The summed E-state index contributed by atoms with van der Waals surface area (Å²) in [6.07, 6.45) is 0. The van der Waals surface area contributed by atoms with E-state index >= 15 is 0 Å². The number of carbonyl (C=O) groups excluding carboxylic acids is 2. The zero-order valence-electron chi connectivity index (χ0n) is 13.2. The normalized spacial score (nSPS) is 10.2. The highest BCUT2D eigenvalue weighted by molar-refractivity contribution is 9.11. The summed E-state index contributed by atoms with van der Waals surface area (Å²) in [6, 6.07) is 12.5. The van der Waals surface area contributed by atoms with Gasteiger partial charge in [0.1, 0.15) is 5.75 Å². The topological polar surface area (TPSA) is 58.6 Å². The molecular weight excluding hydrogens is 440 g/mol. The summed E-state index contributed by atoms with van der Waals surface area (Å²) in [4.78, 5) is 24.8. The van der Waals surface area contributed by atoms with E-state index in [2.05, 4.69) is 37.2 Å². The zero-order chi connectivity index (χ0) is 17.7. The fourth-order valence-electron chi connectivity index (χ4n) is 1.88. The molecule has 0 radical (unpaired) electrons. The van der Waals surface area contributed by atoms with Gasteiger partial charge in [-0.15, -0.1) is 0 Å². The van der Waals surface area contributed by atoms with Crippen molar-refractivity contribution in [2.45, 2.75) is 6.92 Å². The Balaban J connectivity index is 1.91. The van der Waals surface area contributed by atoms with Crippen LogP contribution in [0.5, 0.6) is 5.75 Å². The number of ether oxygens (including phenoxy) is 1. The number of benzene rings is 2. The van der Waals surface area contributed by atoms with Gasteiger partial charge in [-0.1, -0.05) is 15.9 Å². The van der Waals surface area contributed by atoms with Crippen molar-refractivity contribution in [2.75, 3.05) is 23.9 Å². The second-order valence-corrected chi connectivity index (χ2v) is 6.81. The Hall–Kier alpha value is -1.86. The lowest BCUT2D eigenvalue weighted by Crippen LogP contribution is -2.23. The largest absolute Gasteiger partial charge is 0.483 e. The van der Waals surface area contributed by atoms with Crippen LogP contribution in [0.4, 0.5) is 11.4 Å². The lowest BCUT2D eigenvalue weighted by atomic mass is 10.2. The van der Waals surface area contributed by atoms with Gasteiger partial charge in [0.25, 0.3) is 5.91 Å². The maximum atomic E-state index is 12.0. The highest BCUT2D eigenvalue weighted by atomic mass is 79.9. The molecule has 0 saturated heterocycles. The van der Waals surface area contributed by atoms with Crippen LogP contribution in [0.15, 0.2) is 51.4 Å². The first kappa shape index (κ1) is 18.5. The van der Waals surface area contributed by atoms with E-state index in [1.165, 1.54) is 11.8 Å². The standard InChI is InChI=1S/C17H16Br2N2O3/c1-11(22)21(2)14-6-4-13(5-7-14)20-17(23)10-24-16-8-3-12(18)9-15(16)19/h3-9H,10H2,1-2H3,(H,20,23). The van der Waals surface area contributed by atoms with Crippen LogP contribution in [-0.2, 0) is 9.59 Å². The van der Waals surface area contributed by atoms with Gasteiger partial charge < -0.3 is 15.0 Å². The van der Waals surface area contributed by atoms with Crippen LogP contribution in [0.1, 0.15) is 6.92 Å². The molecule has 0 heterocycles. The van der Waals surface area contributed by atoms with Crippen molar-refractivity contribution < 1.29 is 14.3 Å². The van der Waals surface area contributed by atoms with E-state index in [1.807, 2.05) is 12.1 Å². The third kappa shape index (κ3) is 5.07. The third-order valence-electron chi connectivity index (χ3n) is 3.26. The lowest BCUT2D eigenvalue weighted by Gasteiger charge is -2.15. The predicted octanol–water partition coefficient (Wildman–Crippen LogP) is 4.21. The predicted molar refractivity (Wildman–Crippen MR) is 101 cm³/mol. The second kappa shape index (κ2) is 8.30. The van der Waals surface area contributed by atoms with Gasteiger partial charge in [-0.3, -0.25) is 9.59 Å². The van der Waals surface area contributed by atoms with E-state index in [-0.39, 0.29) is 18.4 Å². The molecule has 0 bridgehead atoms. The summed E-state index contributed by atoms with van der Waals surface area (Å²) in [5.74, 6) is 0.268. The molecular formula is C17H16Br2N2O3. The van der Waals surface area contributed by atoms with E-state index in [0.29, 0.717) is 11.4 Å². The molecule has 126 valence electrons. The average Bonchev–Trinajstić information content (AvgIpc) is 2.54. The van der Waals surface area contributed by atoms with E-state index in [1.54, 1.807) is 37.4 Å². The Labute approximate surface area is 157 Å². The average molecular weight is 456 g/mol. The smallest absolute Gasteiger partial charge is 0.262 e. The molecule has 0 fully saturated rings. The van der Waals surface area contributed by atoms with Crippen LogP contribution < -0.4 is 15.0 Å². The Bertz CT molecular complexity index is 748. The molecule has 24 heavy (non-hydrogen) atoms. The minimum atomic E-state index is -0.266. The molecule has 2 amide bonds. The molecule has 2 aromatic rings. The van der Waals surface area contributed by atoms with Crippen LogP contribution in [0.2, 0.25) is 0 Å². The number of hydrogen-bond donors (Lipinski definition) is 1. The Morgan fingerprint density at radius 1 is 1.12 bits per heavy atom. The van der Waals surface area contributed by atoms with E-state index < -0.39 is 0 Å². The number of carbonyl (C=O) groups is 2. The summed E-state index contributed by atoms with van der Waals surface area (Å²) in [7, 11) is 1.69. The Morgan fingerprint density at radius 3 is 2.38 bits per heavy atom. The molecule has 0 aromatic heterocycles. The van der Waals surface area contributed by atoms with Crippen molar-refractivity contribution >= 4 is 55.0 Å². The van der Waals surface area contributed by atoms with Gasteiger partial charge in [0.15, 0.2) is 6.61 Å². The molecule has 7 heteroatoms. The van der Waals surface area contributed by atoms with Crippen LogP contribution >= 0.6 is 31.9 Å². The summed E-state index contributed by atoms with van der Waals surface area (Å²) < 4.78 is 7.17. The first-order valence-electron chi connectivity index (χ1n) is 7.09. The first-order valence-corrected chi connectivity index (χ1v) is 8.67. The Morgan fingerprint density at radius 2 is 1.79 bits per heavy atom.